The Morgan fingerprint density at radius 2 is 1.64 bits per heavy atom. The van der Waals surface area contributed by atoms with Crippen LogP contribution in [0.4, 0.5) is 0 Å². The SMILES string of the molecule is CC1OC(O)[C@H]2OC(C)(C)OC2[C@H]1O. The van der Waals surface area contributed by atoms with Crippen molar-refractivity contribution in [2.24, 2.45) is 0 Å². The van der Waals surface area contributed by atoms with Gasteiger partial charge < -0.3 is 24.4 Å². The third-order valence-electron chi connectivity index (χ3n) is 2.62. The van der Waals surface area contributed by atoms with E-state index in [2.05, 4.69) is 0 Å². The van der Waals surface area contributed by atoms with Crippen molar-refractivity contribution in [2.45, 2.75) is 57.3 Å². The van der Waals surface area contributed by atoms with E-state index in [0.29, 0.717) is 0 Å². The van der Waals surface area contributed by atoms with E-state index < -0.39 is 36.5 Å². The zero-order valence-corrected chi connectivity index (χ0v) is 8.51. The van der Waals surface area contributed by atoms with Crippen LogP contribution < -0.4 is 0 Å². The highest BCUT2D eigenvalue weighted by molar-refractivity contribution is 4.94. The monoisotopic (exact) mass is 204 g/mol. The predicted molar refractivity (Wildman–Crippen MR) is 46.4 cm³/mol. The normalized spacial score (nSPS) is 51.6. The van der Waals surface area contributed by atoms with Gasteiger partial charge in [-0.15, -0.1) is 0 Å². The van der Waals surface area contributed by atoms with Gasteiger partial charge in [-0.05, 0) is 20.8 Å². The first-order valence-corrected chi connectivity index (χ1v) is 4.78. The first-order valence-electron chi connectivity index (χ1n) is 4.78. The lowest BCUT2D eigenvalue weighted by Gasteiger charge is -2.36. The molecule has 2 aliphatic rings. The third kappa shape index (κ3) is 1.55. The van der Waals surface area contributed by atoms with Crippen LogP contribution in [-0.2, 0) is 14.2 Å². The van der Waals surface area contributed by atoms with E-state index in [0.717, 1.165) is 0 Å². The molecule has 14 heavy (non-hydrogen) atoms. The summed E-state index contributed by atoms with van der Waals surface area (Å²) in [6, 6.07) is 0. The summed E-state index contributed by atoms with van der Waals surface area (Å²) in [5.41, 5.74) is 0. The molecule has 2 aliphatic heterocycles. The van der Waals surface area contributed by atoms with Gasteiger partial charge in [-0.25, -0.2) is 0 Å². The summed E-state index contributed by atoms with van der Waals surface area (Å²) in [6.07, 6.45) is -3.34. The van der Waals surface area contributed by atoms with Crippen LogP contribution >= 0.6 is 0 Å². The van der Waals surface area contributed by atoms with E-state index in [1.807, 2.05) is 0 Å². The number of fused-ring (bicyclic) bond motifs is 1. The molecule has 82 valence electrons. The van der Waals surface area contributed by atoms with Gasteiger partial charge in [0.15, 0.2) is 12.1 Å². The summed E-state index contributed by atoms with van der Waals surface area (Å²) in [5.74, 6) is -0.773. The van der Waals surface area contributed by atoms with Crippen molar-refractivity contribution in [3.8, 4) is 0 Å². The largest absolute Gasteiger partial charge is 0.388 e. The number of aliphatic hydroxyl groups is 2. The Kier molecular flexibility index (Phi) is 2.32. The molecule has 2 rings (SSSR count). The van der Waals surface area contributed by atoms with Gasteiger partial charge in [0.05, 0.1) is 6.10 Å². The van der Waals surface area contributed by atoms with Crippen molar-refractivity contribution in [3.63, 3.8) is 0 Å². The highest BCUT2D eigenvalue weighted by Gasteiger charge is 2.53. The number of aliphatic hydroxyl groups excluding tert-OH is 2. The van der Waals surface area contributed by atoms with Crippen molar-refractivity contribution in [3.05, 3.63) is 0 Å². The first-order chi connectivity index (χ1) is 6.41. The molecule has 0 aromatic heterocycles. The Hall–Kier alpha value is -0.200. The maximum atomic E-state index is 9.76. The molecule has 0 amide bonds. The van der Waals surface area contributed by atoms with E-state index >= 15 is 0 Å². The van der Waals surface area contributed by atoms with Gasteiger partial charge >= 0.3 is 0 Å². The third-order valence-corrected chi connectivity index (χ3v) is 2.62. The fourth-order valence-electron chi connectivity index (χ4n) is 1.95. The summed E-state index contributed by atoms with van der Waals surface area (Å²) in [4.78, 5) is 0. The molecule has 0 radical (unpaired) electrons. The summed E-state index contributed by atoms with van der Waals surface area (Å²) in [6.45, 7) is 5.18. The van der Waals surface area contributed by atoms with Gasteiger partial charge in [-0.3, -0.25) is 0 Å². The van der Waals surface area contributed by atoms with Crippen LogP contribution in [0.25, 0.3) is 0 Å². The maximum Gasteiger partial charge on any atom is 0.184 e. The molecule has 2 fully saturated rings. The van der Waals surface area contributed by atoms with Crippen LogP contribution in [0.3, 0.4) is 0 Å². The van der Waals surface area contributed by atoms with Crippen molar-refractivity contribution in [2.75, 3.05) is 0 Å². The summed E-state index contributed by atoms with van der Waals surface area (Å²) in [5, 5.41) is 19.3. The minimum absolute atomic E-state index is 0.441. The molecule has 5 heteroatoms. The Balaban J connectivity index is 2.18. The summed E-state index contributed by atoms with van der Waals surface area (Å²) in [7, 11) is 0. The van der Waals surface area contributed by atoms with Gasteiger partial charge in [0.25, 0.3) is 0 Å². The lowest BCUT2D eigenvalue weighted by Crippen LogP contribution is -2.55. The van der Waals surface area contributed by atoms with Crippen LogP contribution in [0, 0.1) is 0 Å². The second-order valence-electron chi connectivity index (χ2n) is 4.29. The van der Waals surface area contributed by atoms with Gasteiger partial charge in [-0.1, -0.05) is 0 Å². The molecular formula is C9H16O5. The standard InChI is InChI=1S/C9H16O5/c1-4-5(10)6-7(8(11)12-4)14-9(2,3)13-6/h4-8,10-11H,1-3H3/t4?,5-,6?,7-,8?/m0/s1. The fourth-order valence-corrected chi connectivity index (χ4v) is 1.95. The molecule has 2 heterocycles. The van der Waals surface area contributed by atoms with Crippen LogP contribution in [0.15, 0.2) is 0 Å². The fraction of sp³-hybridized carbons (Fsp3) is 1.00. The quantitative estimate of drug-likeness (QED) is 0.562. The van der Waals surface area contributed by atoms with Gasteiger partial charge in [0.1, 0.15) is 18.3 Å². The molecular weight excluding hydrogens is 188 g/mol. The maximum absolute atomic E-state index is 9.76. The van der Waals surface area contributed by atoms with Crippen molar-refractivity contribution >= 4 is 0 Å². The van der Waals surface area contributed by atoms with Crippen molar-refractivity contribution in [1.82, 2.24) is 0 Å². The van der Waals surface area contributed by atoms with Crippen molar-refractivity contribution in [1.29, 1.82) is 0 Å². The number of hydrogen-bond acceptors (Lipinski definition) is 5. The van der Waals surface area contributed by atoms with E-state index in [9.17, 15) is 10.2 Å². The second-order valence-corrected chi connectivity index (χ2v) is 4.29. The van der Waals surface area contributed by atoms with E-state index in [1.165, 1.54) is 0 Å². The lowest BCUT2D eigenvalue weighted by molar-refractivity contribution is -0.252. The van der Waals surface area contributed by atoms with Gasteiger partial charge in [-0.2, -0.15) is 0 Å². The van der Waals surface area contributed by atoms with Crippen LogP contribution in [0.2, 0.25) is 0 Å². The van der Waals surface area contributed by atoms with Crippen LogP contribution in [0.5, 0.6) is 0 Å². The van der Waals surface area contributed by atoms with E-state index in [1.54, 1.807) is 20.8 Å². The second kappa shape index (κ2) is 3.15. The zero-order valence-electron chi connectivity index (χ0n) is 8.51. The molecule has 0 spiro atoms. The van der Waals surface area contributed by atoms with Gasteiger partial charge in [0.2, 0.25) is 0 Å². The Labute approximate surface area is 82.6 Å². The van der Waals surface area contributed by atoms with Crippen molar-refractivity contribution < 1.29 is 24.4 Å². The molecule has 5 atom stereocenters. The number of hydrogen-bond donors (Lipinski definition) is 2. The van der Waals surface area contributed by atoms with E-state index in [4.69, 9.17) is 14.2 Å². The van der Waals surface area contributed by atoms with E-state index in [-0.39, 0.29) is 0 Å². The summed E-state index contributed by atoms with van der Waals surface area (Å²) < 4.78 is 16.0. The average molecular weight is 204 g/mol. The highest BCUT2D eigenvalue weighted by Crippen LogP contribution is 2.36. The van der Waals surface area contributed by atoms with Crippen LogP contribution in [-0.4, -0.2) is 46.7 Å². The Bertz CT molecular complexity index is 229. The summed E-state index contributed by atoms with van der Waals surface area (Å²) >= 11 is 0. The predicted octanol–water partition coefficient (Wildman–Crippen LogP) is -0.396. The molecule has 3 unspecified atom stereocenters. The minimum atomic E-state index is -1.03. The highest BCUT2D eigenvalue weighted by atomic mass is 16.8. The zero-order chi connectivity index (χ0) is 10.5. The molecule has 2 N–H and O–H groups in total. The minimum Gasteiger partial charge on any atom is -0.388 e. The first kappa shape index (κ1) is 10.3. The molecule has 0 saturated carbocycles. The molecule has 5 nitrogen and oxygen atoms in total. The molecule has 0 aliphatic carbocycles. The molecule has 2 saturated heterocycles. The Morgan fingerprint density at radius 3 is 2.29 bits per heavy atom. The molecule has 0 aromatic carbocycles. The molecule has 0 aromatic rings. The van der Waals surface area contributed by atoms with Crippen LogP contribution in [0.1, 0.15) is 20.8 Å². The lowest BCUT2D eigenvalue weighted by atomic mass is 10.0. The Morgan fingerprint density at radius 1 is 1.07 bits per heavy atom. The smallest absolute Gasteiger partial charge is 0.184 e. The average Bonchev–Trinajstić information content (AvgIpc) is 2.38. The number of rotatable bonds is 0. The molecule has 0 bridgehead atoms. The number of ether oxygens (including phenoxy) is 3. The van der Waals surface area contributed by atoms with Gasteiger partial charge in [0, 0.05) is 0 Å². The topological polar surface area (TPSA) is 68.2 Å².